The lowest BCUT2D eigenvalue weighted by Gasteiger charge is -2.21. The highest BCUT2D eigenvalue weighted by Crippen LogP contribution is 2.20. The molecule has 19 heavy (non-hydrogen) atoms. The Bertz CT molecular complexity index is 600. The molecule has 0 atom stereocenters. The summed E-state index contributed by atoms with van der Waals surface area (Å²) in [6.45, 7) is 1.66. The summed E-state index contributed by atoms with van der Waals surface area (Å²) in [5.41, 5.74) is 1.13. The van der Waals surface area contributed by atoms with E-state index in [0.717, 1.165) is 43.8 Å². The summed E-state index contributed by atoms with van der Waals surface area (Å²) in [4.78, 5) is 15.3. The van der Waals surface area contributed by atoms with Gasteiger partial charge in [0.15, 0.2) is 0 Å². The summed E-state index contributed by atoms with van der Waals surface area (Å²) in [5, 5.41) is 8.97. The topological polar surface area (TPSA) is 63.8 Å². The van der Waals surface area contributed by atoms with E-state index in [9.17, 15) is 4.79 Å². The van der Waals surface area contributed by atoms with Gasteiger partial charge in [0, 0.05) is 25.8 Å². The Labute approximate surface area is 110 Å². The molecule has 1 fully saturated rings. The predicted octanol–water partition coefficient (Wildman–Crippen LogP) is 2.00. The Morgan fingerprint density at radius 2 is 2.26 bits per heavy atom. The summed E-state index contributed by atoms with van der Waals surface area (Å²) < 4.78 is 7.33. The van der Waals surface area contributed by atoms with Crippen LogP contribution in [0.15, 0.2) is 24.5 Å². The zero-order valence-corrected chi connectivity index (χ0v) is 10.6. The second-order valence-electron chi connectivity index (χ2n) is 4.95. The molecule has 0 saturated carbocycles. The number of carbonyl (C=O) groups is 1. The molecule has 3 heterocycles. The minimum Gasteiger partial charge on any atom is -0.478 e. The number of hydrogen-bond acceptors (Lipinski definition) is 3. The zero-order chi connectivity index (χ0) is 13.2. The quantitative estimate of drug-likeness (QED) is 0.916. The molecule has 0 amide bonds. The lowest BCUT2D eigenvalue weighted by Crippen LogP contribution is -2.18. The van der Waals surface area contributed by atoms with Crippen LogP contribution in [0.4, 0.5) is 0 Å². The van der Waals surface area contributed by atoms with Gasteiger partial charge in [-0.05, 0) is 30.9 Å². The Hall–Kier alpha value is -1.88. The van der Waals surface area contributed by atoms with Crippen molar-refractivity contribution >= 4 is 11.5 Å². The molecule has 0 bridgehead atoms. The number of imidazole rings is 1. The molecule has 1 N–H and O–H groups in total. The smallest absolute Gasteiger partial charge is 0.335 e. The second-order valence-corrected chi connectivity index (χ2v) is 4.95. The van der Waals surface area contributed by atoms with Crippen LogP contribution >= 0.6 is 0 Å². The first-order valence-electron chi connectivity index (χ1n) is 6.51. The van der Waals surface area contributed by atoms with Crippen LogP contribution in [0.2, 0.25) is 0 Å². The Morgan fingerprint density at radius 1 is 1.47 bits per heavy atom. The molecular weight excluding hydrogens is 244 g/mol. The SMILES string of the molecule is O=C(O)c1ccn2c(CC3CCOCC3)ncc2c1. The van der Waals surface area contributed by atoms with Crippen molar-refractivity contribution in [2.75, 3.05) is 13.2 Å². The molecule has 1 saturated heterocycles. The molecule has 0 aromatic carbocycles. The minimum atomic E-state index is -0.908. The van der Waals surface area contributed by atoms with Crippen molar-refractivity contribution in [3.63, 3.8) is 0 Å². The van der Waals surface area contributed by atoms with Crippen molar-refractivity contribution in [2.45, 2.75) is 19.3 Å². The van der Waals surface area contributed by atoms with E-state index in [-0.39, 0.29) is 0 Å². The van der Waals surface area contributed by atoms with Gasteiger partial charge in [0.2, 0.25) is 0 Å². The van der Waals surface area contributed by atoms with Crippen molar-refractivity contribution in [3.05, 3.63) is 35.9 Å². The third-order valence-corrected chi connectivity index (χ3v) is 3.67. The van der Waals surface area contributed by atoms with E-state index in [0.29, 0.717) is 11.5 Å². The van der Waals surface area contributed by atoms with Gasteiger partial charge in [0.05, 0.1) is 17.3 Å². The molecule has 0 spiro atoms. The van der Waals surface area contributed by atoms with Crippen molar-refractivity contribution in [3.8, 4) is 0 Å². The van der Waals surface area contributed by atoms with E-state index in [2.05, 4.69) is 4.98 Å². The summed E-state index contributed by atoms with van der Waals surface area (Å²) in [7, 11) is 0. The fourth-order valence-electron chi connectivity index (χ4n) is 2.55. The molecule has 3 rings (SSSR count). The molecule has 1 aliphatic heterocycles. The van der Waals surface area contributed by atoms with Gasteiger partial charge in [-0.3, -0.25) is 0 Å². The maximum Gasteiger partial charge on any atom is 0.335 e. The van der Waals surface area contributed by atoms with Crippen LogP contribution in [0.25, 0.3) is 5.52 Å². The van der Waals surface area contributed by atoms with E-state index < -0.39 is 5.97 Å². The first-order valence-corrected chi connectivity index (χ1v) is 6.51. The number of carboxylic acid groups (broad SMARTS) is 1. The predicted molar refractivity (Wildman–Crippen MR) is 69.4 cm³/mol. The number of fused-ring (bicyclic) bond motifs is 1. The third kappa shape index (κ3) is 2.46. The van der Waals surface area contributed by atoms with Gasteiger partial charge < -0.3 is 14.2 Å². The normalized spacial score (nSPS) is 16.8. The number of rotatable bonds is 3. The number of ether oxygens (including phenoxy) is 1. The monoisotopic (exact) mass is 260 g/mol. The molecule has 2 aromatic heterocycles. The maximum absolute atomic E-state index is 10.9. The summed E-state index contributed by atoms with van der Waals surface area (Å²) in [5.74, 6) is 0.701. The Morgan fingerprint density at radius 3 is 3.00 bits per heavy atom. The summed E-state index contributed by atoms with van der Waals surface area (Å²) in [6, 6.07) is 3.27. The number of aromatic carboxylic acids is 1. The van der Waals surface area contributed by atoms with E-state index >= 15 is 0 Å². The van der Waals surface area contributed by atoms with Gasteiger partial charge in [-0.25, -0.2) is 9.78 Å². The maximum atomic E-state index is 10.9. The molecule has 5 heteroatoms. The highest BCUT2D eigenvalue weighted by atomic mass is 16.5. The average molecular weight is 260 g/mol. The second kappa shape index (κ2) is 5.01. The van der Waals surface area contributed by atoms with Gasteiger partial charge in [0.25, 0.3) is 0 Å². The van der Waals surface area contributed by atoms with Crippen LogP contribution in [0.1, 0.15) is 29.0 Å². The molecule has 0 radical (unpaired) electrons. The molecular formula is C14H16N2O3. The first kappa shape index (κ1) is 12.2. The van der Waals surface area contributed by atoms with Crippen LogP contribution < -0.4 is 0 Å². The molecule has 1 aliphatic rings. The van der Waals surface area contributed by atoms with Crippen molar-refractivity contribution in [1.82, 2.24) is 9.38 Å². The van der Waals surface area contributed by atoms with Crippen molar-refractivity contribution < 1.29 is 14.6 Å². The molecule has 0 unspecified atom stereocenters. The van der Waals surface area contributed by atoms with Gasteiger partial charge in [-0.1, -0.05) is 0 Å². The lowest BCUT2D eigenvalue weighted by molar-refractivity contribution is 0.0659. The Kier molecular flexibility index (Phi) is 3.21. The molecule has 5 nitrogen and oxygen atoms in total. The van der Waals surface area contributed by atoms with Crippen LogP contribution in [0.3, 0.4) is 0 Å². The Balaban J connectivity index is 1.86. The largest absolute Gasteiger partial charge is 0.478 e. The zero-order valence-electron chi connectivity index (χ0n) is 10.6. The van der Waals surface area contributed by atoms with E-state index in [1.54, 1.807) is 24.5 Å². The highest BCUT2D eigenvalue weighted by Gasteiger charge is 2.17. The van der Waals surface area contributed by atoms with Crippen molar-refractivity contribution in [2.24, 2.45) is 5.92 Å². The van der Waals surface area contributed by atoms with Gasteiger partial charge >= 0.3 is 5.97 Å². The average Bonchev–Trinajstić information content (AvgIpc) is 2.82. The lowest BCUT2D eigenvalue weighted by atomic mass is 9.96. The van der Waals surface area contributed by atoms with Crippen LogP contribution in [0, 0.1) is 5.92 Å². The molecule has 0 aliphatic carbocycles. The van der Waals surface area contributed by atoms with Gasteiger partial charge in [-0.2, -0.15) is 0 Å². The number of hydrogen-bond donors (Lipinski definition) is 1. The fourth-order valence-corrected chi connectivity index (χ4v) is 2.55. The summed E-state index contributed by atoms with van der Waals surface area (Å²) in [6.07, 6.45) is 6.59. The van der Waals surface area contributed by atoms with Gasteiger partial charge in [0.1, 0.15) is 5.82 Å². The highest BCUT2D eigenvalue weighted by molar-refractivity contribution is 5.88. The number of pyridine rings is 1. The summed E-state index contributed by atoms with van der Waals surface area (Å²) >= 11 is 0. The standard InChI is InChI=1S/C14H16N2O3/c17-14(18)11-1-4-16-12(8-11)9-15-13(16)7-10-2-5-19-6-3-10/h1,4,8-10H,2-3,5-7H2,(H,17,18). The third-order valence-electron chi connectivity index (χ3n) is 3.67. The fraction of sp³-hybridized carbons (Fsp3) is 0.429. The van der Waals surface area contributed by atoms with Crippen LogP contribution in [-0.2, 0) is 11.2 Å². The van der Waals surface area contributed by atoms with E-state index in [1.807, 2.05) is 4.40 Å². The van der Waals surface area contributed by atoms with E-state index in [1.165, 1.54) is 0 Å². The van der Waals surface area contributed by atoms with E-state index in [4.69, 9.17) is 9.84 Å². The number of nitrogens with zero attached hydrogens (tertiary/aromatic N) is 2. The van der Waals surface area contributed by atoms with Crippen LogP contribution in [-0.4, -0.2) is 33.7 Å². The first-order chi connectivity index (χ1) is 9.24. The molecule has 100 valence electrons. The minimum absolute atomic E-state index is 0.296. The van der Waals surface area contributed by atoms with Crippen LogP contribution in [0.5, 0.6) is 0 Å². The number of carboxylic acids is 1. The van der Waals surface area contributed by atoms with Gasteiger partial charge in [-0.15, -0.1) is 0 Å². The molecule has 2 aromatic rings. The number of aromatic nitrogens is 2. The van der Waals surface area contributed by atoms with Crippen molar-refractivity contribution in [1.29, 1.82) is 0 Å².